The van der Waals surface area contributed by atoms with E-state index in [4.69, 9.17) is 11.6 Å². The lowest BCUT2D eigenvalue weighted by molar-refractivity contribution is 0.778. The zero-order valence-corrected chi connectivity index (χ0v) is 11.2. The average Bonchev–Trinajstić information content (AvgIpc) is 2.20. The Hall–Kier alpha value is -0.950. The van der Waals surface area contributed by atoms with Crippen molar-refractivity contribution < 1.29 is 0 Å². The Kier molecular flexibility index (Phi) is 4.43. The van der Waals surface area contributed by atoms with Gasteiger partial charge in [0.1, 0.15) is 0 Å². The van der Waals surface area contributed by atoms with Crippen LogP contribution in [-0.2, 0) is 0 Å². The summed E-state index contributed by atoms with van der Waals surface area (Å²) in [6.45, 7) is 12.5. The maximum Gasteiger partial charge on any atom is 0.0442 e. The quantitative estimate of drug-likeness (QED) is 0.773. The number of halogens is 1. The Morgan fingerprint density at radius 1 is 1.25 bits per heavy atom. The van der Waals surface area contributed by atoms with Crippen LogP contribution in [0.5, 0.6) is 0 Å². The first-order valence-corrected chi connectivity index (χ1v) is 6.05. The number of nitrogens with one attached hydrogen (secondary N) is 1. The summed E-state index contributed by atoms with van der Waals surface area (Å²) in [7, 11) is 0. The highest BCUT2D eigenvalue weighted by Gasteiger charge is 2.07. The van der Waals surface area contributed by atoms with E-state index in [-0.39, 0.29) is 0 Å². The van der Waals surface area contributed by atoms with E-state index < -0.39 is 0 Å². The van der Waals surface area contributed by atoms with Gasteiger partial charge in [0, 0.05) is 16.4 Å². The number of benzene rings is 1. The van der Waals surface area contributed by atoms with Gasteiger partial charge in [0.05, 0.1) is 0 Å². The van der Waals surface area contributed by atoms with Crippen molar-refractivity contribution in [2.75, 3.05) is 5.32 Å². The van der Waals surface area contributed by atoms with E-state index in [1.807, 2.05) is 12.1 Å². The molecule has 0 radical (unpaired) electrons. The van der Waals surface area contributed by atoms with Crippen LogP contribution in [0, 0.1) is 5.92 Å². The molecule has 1 nitrogen and oxygen atoms in total. The van der Waals surface area contributed by atoms with E-state index in [1.165, 1.54) is 5.56 Å². The predicted octanol–water partition coefficient (Wildman–Crippen LogP) is 5.05. The molecule has 0 atom stereocenters. The van der Waals surface area contributed by atoms with Gasteiger partial charge in [-0.15, -0.1) is 0 Å². The molecule has 0 spiro atoms. The van der Waals surface area contributed by atoms with Crippen molar-refractivity contribution >= 4 is 17.3 Å². The predicted molar refractivity (Wildman–Crippen MR) is 73.1 cm³/mol. The molecule has 0 aromatic heterocycles. The van der Waals surface area contributed by atoms with Gasteiger partial charge in [-0.05, 0) is 35.6 Å². The lowest BCUT2D eigenvalue weighted by Gasteiger charge is -2.15. The van der Waals surface area contributed by atoms with E-state index in [2.05, 4.69) is 45.7 Å². The molecule has 0 aliphatic rings. The van der Waals surface area contributed by atoms with Crippen molar-refractivity contribution in [1.29, 1.82) is 0 Å². The van der Waals surface area contributed by atoms with Gasteiger partial charge in [-0.3, -0.25) is 0 Å². The van der Waals surface area contributed by atoms with Crippen molar-refractivity contribution in [2.24, 2.45) is 5.92 Å². The second kappa shape index (κ2) is 5.40. The number of rotatable bonds is 4. The van der Waals surface area contributed by atoms with Crippen molar-refractivity contribution in [3.05, 3.63) is 41.1 Å². The summed E-state index contributed by atoms with van der Waals surface area (Å²) in [4.78, 5) is 0. The molecule has 0 amide bonds. The average molecular weight is 238 g/mol. The minimum absolute atomic E-state index is 0.429. The third-order valence-corrected chi connectivity index (χ3v) is 2.96. The summed E-state index contributed by atoms with van der Waals surface area (Å²) in [5.41, 5.74) is 3.26. The summed E-state index contributed by atoms with van der Waals surface area (Å²) in [6, 6.07) is 6.02. The zero-order chi connectivity index (χ0) is 12.3. The SMILES string of the molecule is C=C(Nc1ccc(Cl)c(C(C)C)c1)C(C)C. The molecule has 0 aliphatic heterocycles. The lowest BCUT2D eigenvalue weighted by atomic mass is 10.0. The van der Waals surface area contributed by atoms with Gasteiger partial charge in [0.2, 0.25) is 0 Å². The Labute approximate surface area is 104 Å². The molecular weight excluding hydrogens is 218 g/mol. The first-order valence-electron chi connectivity index (χ1n) is 5.67. The van der Waals surface area contributed by atoms with Crippen molar-refractivity contribution in [3.8, 4) is 0 Å². The van der Waals surface area contributed by atoms with Gasteiger partial charge in [0.25, 0.3) is 0 Å². The van der Waals surface area contributed by atoms with Crippen LogP contribution in [0.15, 0.2) is 30.5 Å². The monoisotopic (exact) mass is 237 g/mol. The number of hydrogen-bond acceptors (Lipinski definition) is 1. The Morgan fingerprint density at radius 3 is 2.38 bits per heavy atom. The Morgan fingerprint density at radius 2 is 1.88 bits per heavy atom. The van der Waals surface area contributed by atoms with Gasteiger partial charge in [-0.25, -0.2) is 0 Å². The highest BCUT2D eigenvalue weighted by atomic mass is 35.5. The smallest absolute Gasteiger partial charge is 0.0442 e. The van der Waals surface area contributed by atoms with Crippen LogP contribution >= 0.6 is 11.6 Å². The first kappa shape index (κ1) is 13.1. The largest absolute Gasteiger partial charge is 0.359 e. The summed E-state index contributed by atoms with van der Waals surface area (Å²) in [5, 5.41) is 4.14. The molecule has 1 N–H and O–H groups in total. The molecule has 0 aliphatic carbocycles. The Bertz CT molecular complexity index is 380. The van der Waals surface area contributed by atoms with Gasteiger partial charge < -0.3 is 5.32 Å². The number of allylic oxidation sites excluding steroid dienone is 1. The fraction of sp³-hybridized carbons (Fsp3) is 0.429. The van der Waals surface area contributed by atoms with Crippen molar-refractivity contribution in [3.63, 3.8) is 0 Å². The number of anilines is 1. The molecule has 2 heteroatoms. The lowest BCUT2D eigenvalue weighted by Crippen LogP contribution is -2.04. The molecule has 0 unspecified atom stereocenters. The van der Waals surface area contributed by atoms with Crippen molar-refractivity contribution in [2.45, 2.75) is 33.6 Å². The minimum Gasteiger partial charge on any atom is -0.359 e. The summed E-state index contributed by atoms with van der Waals surface area (Å²) in [5.74, 6) is 0.861. The standard InChI is InChI=1S/C14H20ClN/c1-9(2)11(5)16-12-6-7-14(15)13(8-12)10(3)4/h6-10,16H,5H2,1-4H3. The second-order valence-electron chi connectivity index (χ2n) is 4.70. The van der Waals surface area contributed by atoms with E-state index in [1.54, 1.807) is 0 Å². The number of hydrogen-bond donors (Lipinski definition) is 1. The molecule has 1 aromatic carbocycles. The molecule has 1 aromatic rings. The van der Waals surface area contributed by atoms with E-state index in [0.717, 1.165) is 16.4 Å². The summed E-state index contributed by atoms with van der Waals surface area (Å²) < 4.78 is 0. The molecular formula is C14H20ClN. The molecule has 0 bridgehead atoms. The molecule has 0 saturated carbocycles. The first-order chi connectivity index (χ1) is 7.41. The molecule has 16 heavy (non-hydrogen) atoms. The van der Waals surface area contributed by atoms with Crippen LogP contribution in [0.4, 0.5) is 5.69 Å². The molecule has 0 fully saturated rings. The van der Waals surface area contributed by atoms with E-state index in [9.17, 15) is 0 Å². The highest BCUT2D eigenvalue weighted by Crippen LogP contribution is 2.28. The maximum atomic E-state index is 6.14. The van der Waals surface area contributed by atoms with Gasteiger partial charge in [-0.2, -0.15) is 0 Å². The van der Waals surface area contributed by atoms with E-state index in [0.29, 0.717) is 11.8 Å². The molecule has 0 heterocycles. The normalized spacial score (nSPS) is 10.9. The van der Waals surface area contributed by atoms with Crippen LogP contribution in [0.1, 0.15) is 39.2 Å². The van der Waals surface area contributed by atoms with Gasteiger partial charge in [-0.1, -0.05) is 45.9 Å². The topological polar surface area (TPSA) is 12.0 Å². The molecule has 88 valence electrons. The molecule has 0 saturated heterocycles. The van der Waals surface area contributed by atoms with Crippen LogP contribution in [-0.4, -0.2) is 0 Å². The maximum absolute atomic E-state index is 6.14. The molecule has 1 rings (SSSR count). The van der Waals surface area contributed by atoms with E-state index >= 15 is 0 Å². The Balaban J connectivity index is 2.91. The van der Waals surface area contributed by atoms with Crippen LogP contribution in [0.3, 0.4) is 0 Å². The minimum atomic E-state index is 0.429. The van der Waals surface area contributed by atoms with Crippen molar-refractivity contribution in [1.82, 2.24) is 0 Å². The van der Waals surface area contributed by atoms with Gasteiger partial charge >= 0.3 is 0 Å². The third-order valence-electron chi connectivity index (χ3n) is 2.62. The van der Waals surface area contributed by atoms with Crippen LogP contribution in [0.2, 0.25) is 5.02 Å². The summed E-state index contributed by atoms with van der Waals surface area (Å²) in [6.07, 6.45) is 0. The fourth-order valence-electron chi connectivity index (χ4n) is 1.39. The highest BCUT2D eigenvalue weighted by molar-refractivity contribution is 6.31. The van der Waals surface area contributed by atoms with Crippen LogP contribution in [0.25, 0.3) is 0 Å². The second-order valence-corrected chi connectivity index (χ2v) is 5.10. The van der Waals surface area contributed by atoms with Crippen LogP contribution < -0.4 is 5.32 Å². The summed E-state index contributed by atoms with van der Waals surface area (Å²) >= 11 is 6.14. The fourth-order valence-corrected chi connectivity index (χ4v) is 1.73. The zero-order valence-electron chi connectivity index (χ0n) is 10.5. The van der Waals surface area contributed by atoms with Gasteiger partial charge in [0.15, 0.2) is 0 Å². The third kappa shape index (κ3) is 3.28.